The van der Waals surface area contributed by atoms with Gasteiger partial charge in [0.25, 0.3) is 5.56 Å². The van der Waals surface area contributed by atoms with Gasteiger partial charge in [-0.1, -0.05) is 6.07 Å². The Hall–Kier alpha value is -2.56. The molecule has 0 saturated heterocycles. The summed E-state index contributed by atoms with van der Waals surface area (Å²) in [5.74, 6) is -0.155. The van der Waals surface area contributed by atoms with E-state index in [1.807, 2.05) is 30.3 Å². The second kappa shape index (κ2) is 6.26. The Labute approximate surface area is 122 Å². The SMILES string of the molecule is COc1ccc(-c2ccc(CCC(=O)O)c(=O)n2C)cc1. The summed E-state index contributed by atoms with van der Waals surface area (Å²) in [6.07, 6.45) is 0.196. The summed E-state index contributed by atoms with van der Waals surface area (Å²) in [4.78, 5) is 22.8. The minimum atomic E-state index is -0.906. The van der Waals surface area contributed by atoms with E-state index >= 15 is 0 Å². The van der Waals surface area contributed by atoms with Crippen molar-refractivity contribution in [3.8, 4) is 17.0 Å². The number of methoxy groups -OCH3 is 1. The Balaban J connectivity index is 2.35. The topological polar surface area (TPSA) is 68.5 Å². The maximum absolute atomic E-state index is 12.2. The number of rotatable bonds is 5. The predicted molar refractivity (Wildman–Crippen MR) is 79.6 cm³/mol. The zero-order chi connectivity index (χ0) is 15.4. The number of nitrogens with zero attached hydrogens (tertiary/aromatic N) is 1. The molecule has 0 bridgehead atoms. The molecule has 0 aliphatic heterocycles. The Kier molecular flexibility index (Phi) is 4.42. The van der Waals surface area contributed by atoms with E-state index in [1.165, 1.54) is 0 Å². The van der Waals surface area contributed by atoms with E-state index in [2.05, 4.69) is 0 Å². The molecule has 0 aliphatic carbocycles. The molecule has 1 aromatic heterocycles. The predicted octanol–water partition coefficient (Wildman–Crippen LogP) is 2.08. The Morgan fingerprint density at radius 2 is 1.86 bits per heavy atom. The molecule has 0 fully saturated rings. The maximum atomic E-state index is 12.2. The van der Waals surface area contributed by atoms with Crippen LogP contribution in [-0.4, -0.2) is 22.8 Å². The molecule has 110 valence electrons. The summed E-state index contributed by atoms with van der Waals surface area (Å²) < 4.78 is 6.65. The monoisotopic (exact) mass is 287 g/mol. The first-order chi connectivity index (χ1) is 10.0. The molecule has 0 unspecified atom stereocenters. The molecule has 0 radical (unpaired) electrons. The number of aromatic nitrogens is 1. The third-order valence-corrected chi connectivity index (χ3v) is 3.38. The number of carboxylic acid groups (broad SMARTS) is 1. The first-order valence-corrected chi connectivity index (χ1v) is 6.58. The lowest BCUT2D eigenvalue weighted by Crippen LogP contribution is -2.22. The summed E-state index contributed by atoms with van der Waals surface area (Å²) in [5.41, 5.74) is 2.03. The molecular formula is C16H17NO4. The molecule has 0 amide bonds. The van der Waals surface area contributed by atoms with Crippen LogP contribution < -0.4 is 10.3 Å². The smallest absolute Gasteiger partial charge is 0.303 e. The van der Waals surface area contributed by atoms with Gasteiger partial charge in [0.2, 0.25) is 0 Å². The van der Waals surface area contributed by atoms with E-state index < -0.39 is 5.97 Å². The van der Waals surface area contributed by atoms with E-state index in [-0.39, 0.29) is 18.4 Å². The number of benzene rings is 1. The third-order valence-electron chi connectivity index (χ3n) is 3.38. The number of hydrogen-bond acceptors (Lipinski definition) is 3. The number of aliphatic carboxylic acids is 1. The average Bonchev–Trinajstić information content (AvgIpc) is 2.49. The van der Waals surface area contributed by atoms with E-state index in [9.17, 15) is 9.59 Å². The molecule has 1 N–H and O–H groups in total. The van der Waals surface area contributed by atoms with Gasteiger partial charge < -0.3 is 14.4 Å². The fourth-order valence-corrected chi connectivity index (χ4v) is 2.17. The van der Waals surface area contributed by atoms with Gasteiger partial charge in [-0.3, -0.25) is 9.59 Å². The minimum Gasteiger partial charge on any atom is -0.497 e. The van der Waals surface area contributed by atoms with Gasteiger partial charge in [0.1, 0.15) is 5.75 Å². The zero-order valence-corrected chi connectivity index (χ0v) is 12.0. The van der Waals surface area contributed by atoms with Crippen LogP contribution in [0.2, 0.25) is 0 Å². The van der Waals surface area contributed by atoms with Crippen LogP contribution in [0.4, 0.5) is 0 Å². The third kappa shape index (κ3) is 3.31. The number of hydrogen-bond donors (Lipinski definition) is 1. The molecule has 0 aliphatic rings. The number of ether oxygens (including phenoxy) is 1. The standard InChI is InChI=1S/C16H17NO4/c1-17-14(11-3-7-13(21-2)8-4-11)9-5-12(16(17)20)6-10-15(18)19/h3-5,7-9H,6,10H2,1-2H3,(H,18,19). The van der Waals surface area contributed by atoms with Crippen molar-refractivity contribution in [3.63, 3.8) is 0 Å². The number of carboxylic acids is 1. The maximum Gasteiger partial charge on any atom is 0.303 e. The largest absolute Gasteiger partial charge is 0.497 e. The van der Waals surface area contributed by atoms with Gasteiger partial charge in [-0.25, -0.2) is 0 Å². The second-order valence-corrected chi connectivity index (χ2v) is 4.73. The highest BCUT2D eigenvalue weighted by Crippen LogP contribution is 2.21. The molecule has 1 heterocycles. The summed E-state index contributed by atoms with van der Waals surface area (Å²) in [5, 5.41) is 8.70. The van der Waals surface area contributed by atoms with Gasteiger partial charge in [-0.15, -0.1) is 0 Å². The van der Waals surface area contributed by atoms with Gasteiger partial charge >= 0.3 is 5.97 Å². The molecule has 2 rings (SSSR count). The van der Waals surface area contributed by atoms with Crippen LogP contribution in [0.3, 0.4) is 0 Å². The summed E-state index contributed by atoms with van der Waals surface area (Å²) in [6, 6.07) is 11.0. The molecular weight excluding hydrogens is 270 g/mol. The first kappa shape index (κ1) is 14.8. The highest BCUT2D eigenvalue weighted by molar-refractivity contribution is 5.67. The van der Waals surface area contributed by atoms with Gasteiger partial charge in [0, 0.05) is 19.0 Å². The Morgan fingerprint density at radius 3 is 2.43 bits per heavy atom. The van der Waals surface area contributed by atoms with Crippen LogP contribution in [0.15, 0.2) is 41.2 Å². The van der Waals surface area contributed by atoms with Gasteiger partial charge in [-0.05, 0) is 42.3 Å². The van der Waals surface area contributed by atoms with Crippen molar-refractivity contribution in [3.05, 3.63) is 52.3 Å². The lowest BCUT2D eigenvalue weighted by atomic mass is 10.1. The molecule has 2 aromatic rings. The Morgan fingerprint density at radius 1 is 1.19 bits per heavy atom. The number of pyridine rings is 1. The lowest BCUT2D eigenvalue weighted by molar-refractivity contribution is -0.136. The number of aryl methyl sites for hydroxylation is 1. The quantitative estimate of drug-likeness (QED) is 0.914. The van der Waals surface area contributed by atoms with Crippen LogP contribution in [0.25, 0.3) is 11.3 Å². The minimum absolute atomic E-state index is 0.0445. The highest BCUT2D eigenvalue weighted by atomic mass is 16.5. The van der Waals surface area contributed by atoms with Crippen LogP contribution >= 0.6 is 0 Å². The van der Waals surface area contributed by atoms with Gasteiger partial charge in [0.05, 0.1) is 12.8 Å². The molecule has 21 heavy (non-hydrogen) atoms. The van der Waals surface area contributed by atoms with Crippen molar-refractivity contribution in [2.75, 3.05) is 7.11 Å². The molecule has 0 spiro atoms. The number of carbonyl (C=O) groups is 1. The molecule has 5 nitrogen and oxygen atoms in total. The van der Waals surface area contributed by atoms with Crippen molar-refractivity contribution in [2.45, 2.75) is 12.8 Å². The highest BCUT2D eigenvalue weighted by Gasteiger charge is 2.09. The fraction of sp³-hybridized carbons (Fsp3) is 0.250. The second-order valence-electron chi connectivity index (χ2n) is 4.73. The fourth-order valence-electron chi connectivity index (χ4n) is 2.17. The average molecular weight is 287 g/mol. The van der Waals surface area contributed by atoms with Crippen molar-refractivity contribution in [1.29, 1.82) is 0 Å². The molecule has 0 atom stereocenters. The van der Waals surface area contributed by atoms with E-state index in [0.717, 1.165) is 17.0 Å². The lowest BCUT2D eigenvalue weighted by Gasteiger charge is -2.11. The molecule has 1 aromatic carbocycles. The van der Waals surface area contributed by atoms with Crippen LogP contribution in [0, 0.1) is 0 Å². The van der Waals surface area contributed by atoms with Crippen LogP contribution in [-0.2, 0) is 18.3 Å². The summed E-state index contributed by atoms with van der Waals surface area (Å²) >= 11 is 0. The van der Waals surface area contributed by atoms with Crippen LogP contribution in [0.5, 0.6) is 5.75 Å². The van der Waals surface area contributed by atoms with E-state index in [1.54, 1.807) is 24.8 Å². The van der Waals surface area contributed by atoms with Crippen molar-refractivity contribution in [2.24, 2.45) is 7.05 Å². The summed E-state index contributed by atoms with van der Waals surface area (Å²) in [7, 11) is 3.29. The van der Waals surface area contributed by atoms with Gasteiger partial charge in [-0.2, -0.15) is 0 Å². The Bertz CT molecular complexity index is 701. The molecule has 5 heteroatoms. The normalized spacial score (nSPS) is 10.4. The zero-order valence-electron chi connectivity index (χ0n) is 12.0. The summed E-state index contributed by atoms with van der Waals surface area (Å²) in [6.45, 7) is 0. The van der Waals surface area contributed by atoms with E-state index in [4.69, 9.17) is 9.84 Å². The van der Waals surface area contributed by atoms with Crippen molar-refractivity contribution >= 4 is 5.97 Å². The van der Waals surface area contributed by atoms with Gasteiger partial charge in [0.15, 0.2) is 0 Å². The van der Waals surface area contributed by atoms with Crippen LogP contribution in [0.1, 0.15) is 12.0 Å². The molecule has 0 saturated carbocycles. The van der Waals surface area contributed by atoms with Crippen molar-refractivity contribution < 1.29 is 14.6 Å². The van der Waals surface area contributed by atoms with Crippen molar-refractivity contribution in [1.82, 2.24) is 4.57 Å². The van der Waals surface area contributed by atoms with E-state index in [0.29, 0.717) is 5.56 Å². The first-order valence-electron chi connectivity index (χ1n) is 6.58.